The summed E-state index contributed by atoms with van der Waals surface area (Å²) in [5, 5.41) is 9.04. The lowest BCUT2D eigenvalue weighted by atomic mass is 10.0. The lowest BCUT2D eigenvalue weighted by Gasteiger charge is -2.27. The lowest BCUT2D eigenvalue weighted by Crippen LogP contribution is -2.29. The molecule has 4 heteroatoms. The minimum atomic E-state index is -0.776. The number of rotatable bonds is 14. The fraction of sp³-hybridized carbons (Fsp3) is 0.947. The molecule has 0 amide bonds. The van der Waals surface area contributed by atoms with Gasteiger partial charge in [0.1, 0.15) is 0 Å². The first-order valence-corrected chi connectivity index (χ1v) is 9.71. The van der Waals surface area contributed by atoms with Gasteiger partial charge in [-0.2, -0.15) is 0 Å². The molecule has 2 atom stereocenters. The molecular formula is C19H36O4. The van der Waals surface area contributed by atoms with E-state index in [9.17, 15) is 4.79 Å². The molecule has 23 heavy (non-hydrogen) atoms. The molecule has 0 radical (unpaired) electrons. The van der Waals surface area contributed by atoms with Gasteiger partial charge < -0.3 is 14.6 Å². The van der Waals surface area contributed by atoms with Crippen LogP contribution >= 0.6 is 0 Å². The van der Waals surface area contributed by atoms with Crippen molar-refractivity contribution in [1.82, 2.24) is 0 Å². The van der Waals surface area contributed by atoms with Crippen LogP contribution in [0.5, 0.6) is 0 Å². The van der Waals surface area contributed by atoms with Gasteiger partial charge in [0.25, 0.3) is 0 Å². The van der Waals surface area contributed by atoms with Gasteiger partial charge in [0.2, 0.25) is 0 Å². The van der Waals surface area contributed by atoms with Gasteiger partial charge in [0, 0.05) is 6.61 Å². The predicted molar refractivity (Wildman–Crippen MR) is 92.6 cm³/mol. The molecule has 0 saturated carbocycles. The number of hydrogen-bond acceptors (Lipinski definition) is 3. The van der Waals surface area contributed by atoms with E-state index in [1.54, 1.807) is 0 Å². The highest BCUT2D eigenvalue weighted by molar-refractivity contribution is 5.67. The Morgan fingerprint density at radius 3 is 2.30 bits per heavy atom. The molecule has 1 aliphatic rings. The molecule has 0 spiro atoms. The van der Waals surface area contributed by atoms with Gasteiger partial charge in [-0.15, -0.1) is 0 Å². The maximum Gasteiger partial charge on any atom is 0.305 e. The summed E-state index contributed by atoms with van der Waals surface area (Å²) >= 11 is 0. The van der Waals surface area contributed by atoms with Crippen molar-refractivity contribution < 1.29 is 19.4 Å². The van der Waals surface area contributed by atoms with E-state index in [2.05, 4.69) is 6.92 Å². The molecule has 2 unspecified atom stereocenters. The van der Waals surface area contributed by atoms with E-state index in [1.165, 1.54) is 51.4 Å². The van der Waals surface area contributed by atoms with E-state index in [0.29, 0.717) is 0 Å². The van der Waals surface area contributed by atoms with Crippen molar-refractivity contribution in [1.29, 1.82) is 0 Å². The average molecular weight is 328 g/mol. The van der Waals surface area contributed by atoms with Crippen LogP contribution in [0.4, 0.5) is 0 Å². The first kappa shape index (κ1) is 20.4. The highest BCUT2D eigenvalue weighted by Gasteiger charge is 2.21. The van der Waals surface area contributed by atoms with Crippen LogP contribution in [0.2, 0.25) is 0 Å². The summed E-state index contributed by atoms with van der Waals surface area (Å²) in [7, 11) is 0. The summed E-state index contributed by atoms with van der Waals surface area (Å²) in [4.78, 5) is 11.0. The van der Waals surface area contributed by atoms with Crippen LogP contribution in [-0.4, -0.2) is 30.1 Å². The Bertz CT molecular complexity index is 287. The van der Waals surface area contributed by atoms with E-state index in [4.69, 9.17) is 14.6 Å². The molecule has 1 fully saturated rings. The molecule has 0 aromatic carbocycles. The van der Waals surface area contributed by atoms with Crippen molar-refractivity contribution >= 4 is 5.97 Å². The number of unbranched alkanes of at least 4 members (excludes halogenated alkanes) is 8. The van der Waals surface area contributed by atoms with E-state index in [0.717, 1.165) is 38.7 Å². The summed E-state index contributed by atoms with van der Waals surface area (Å²) in [6, 6.07) is 0. The standard InChI is InChI=1S/C19H36O4/c1-2-3-4-5-6-7-8-9-10-13-17(16-18(20)21)23-19-14-11-12-15-22-19/h17,19H,2-16H2,1H3,(H,20,21). The highest BCUT2D eigenvalue weighted by atomic mass is 16.7. The molecular weight excluding hydrogens is 292 g/mol. The quantitative estimate of drug-likeness (QED) is 0.440. The number of ether oxygens (including phenoxy) is 2. The van der Waals surface area contributed by atoms with E-state index in [1.807, 2.05) is 0 Å². The number of carboxylic acids is 1. The summed E-state index contributed by atoms with van der Waals surface area (Å²) < 4.78 is 11.4. The zero-order chi connectivity index (χ0) is 16.8. The summed E-state index contributed by atoms with van der Waals surface area (Å²) in [6.45, 7) is 2.98. The van der Waals surface area contributed by atoms with Gasteiger partial charge in [0.15, 0.2) is 6.29 Å². The van der Waals surface area contributed by atoms with Crippen molar-refractivity contribution in [2.75, 3.05) is 6.61 Å². The van der Waals surface area contributed by atoms with Crippen molar-refractivity contribution in [2.24, 2.45) is 0 Å². The second-order valence-electron chi connectivity index (χ2n) is 6.77. The van der Waals surface area contributed by atoms with Crippen LogP contribution in [-0.2, 0) is 14.3 Å². The van der Waals surface area contributed by atoms with Gasteiger partial charge in [-0.3, -0.25) is 4.79 Å². The molecule has 1 rings (SSSR count). The van der Waals surface area contributed by atoms with Gasteiger partial charge >= 0.3 is 5.97 Å². The zero-order valence-electron chi connectivity index (χ0n) is 14.9. The number of aliphatic carboxylic acids is 1. The van der Waals surface area contributed by atoms with Crippen LogP contribution in [0.1, 0.15) is 96.8 Å². The first-order valence-electron chi connectivity index (χ1n) is 9.71. The summed E-state index contributed by atoms with van der Waals surface area (Å²) in [5.41, 5.74) is 0. The maximum absolute atomic E-state index is 11.0. The Labute approximate surface area is 141 Å². The van der Waals surface area contributed by atoms with Crippen molar-refractivity contribution in [2.45, 2.75) is 109 Å². The molecule has 0 aliphatic carbocycles. The Morgan fingerprint density at radius 2 is 1.74 bits per heavy atom. The maximum atomic E-state index is 11.0. The van der Waals surface area contributed by atoms with Gasteiger partial charge in [-0.1, -0.05) is 64.7 Å². The molecule has 1 N–H and O–H groups in total. The normalized spacial score (nSPS) is 19.6. The highest BCUT2D eigenvalue weighted by Crippen LogP contribution is 2.20. The van der Waals surface area contributed by atoms with Crippen LogP contribution < -0.4 is 0 Å². The summed E-state index contributed by atoms with van der Waals surface area (Å²) in [6.07, 6.45) is 15.2. The monoisotopic (exact) mass is 328 g/mol. The third-order valence-electron chi connectivity index (χ3n) is 4.51. The third kappa shape index (κ3) is 11.5. The van der Waals surface area contributed by atoms with E-state index in [-0.39, 0.29) is 18.8 Å². The second-order valence-corrected chi connectivity index (χ2v) is 6.77. The number of carbonyl (C=O) groups is 1. The van der Waals surface area contributed by atoms with Gasteiger partial charge in [-0.05, 0) is 25.7 Å². The minimum absolute atomic E-state index is 0.0941. The largest absolute Gasteiger partial charge is 0.481 e. The first-order chi connectivity index (χ1) is 11.2. The summed E-state index contributed by atoms with van der Waals surface area (Å²) in [5.74, 6) is -0.776. The third-order valence-corrected chi connectivity index (χ3v) is 4.51. The van der Waals surface area contributed by atoms with Crippen LogP contribution in [0.3, 0.4) is 0 Å². The smallest absolute Gasteiger partial charge is 0.305 e. The van der Waals surface area contributed by atoms with Crippen LogP contribution in [0.15, 0.2) is 0 Å². The molecule has 0 aromatic heterocycles. The minimum Gasteiger partial charge on any atom is -0.481 e. The lowest BCUT2D eigenvalue weighted by molar-refractivity contribution is -0.193. The number of carboxylic acid groups (broad SMARTS) is 1. The van der Waals surface area contributed by atoms with E-state index >= 15 is 0 Å². The fourth-order valence-corrected chi connectivity index (χ4v) is 3.13. The van der Waals surface area contributed by atoms with Crippen molar-refractivity contribution in [3.8, 4) is 0 Å². The zero-order valence-corrected chi connectivity index (χ0v) is 14.9. The molecule has 1 aliphatic heterocycles. The second kappa shape index (κ2) is 13.8. The van der Waals surface area contributed by atoms with Gasteiger partial charge in [0.05, 0.1) is 12.5 Å². The Morgan fingerprint density at radius 1 is 1.09 bits per heavy atom. The average Bonchev–Trinajstić information content (AvgIpc) is 2.53. The Hall–Kier alpha value is -0.610. The molecule has 0 bridgehead atoms. The Kier molecular flexibility index (Phi) is 12.3. The van der Waals surface area contributed by atoms with Crippen molar-refractivity contribution in [3.63, 3.8) is 0 Å². The molecule has 136 valence electrons. The molecule has 1 saturated heterocycles. The predicted octanol–water partition coefficient (Wildman–Crippen LogP) is 5.29. The van der Waals surface area contributed by atoms with E-state index < -0.39 is 5.97 Å². The fourth-order valence-electron chi connectivity index (χ4n) is 3.13. The van der Waals surface area contributed by atoms with Crippen molar-refractivity contribution in [3.05, 3.63) is 0 Å². The molecule has 0 aromatic rings. The van der Waals surface area contributed by atoms with Crippen LogP contribution in [0.25, 0.3) is 0 Å². The SMILES string of the molecule is CCCCCCCCCCCC(CC(=O)O)OC1CCCCO1. The van der Waals surface area contributed by atoms with Gasteiger partial charge in [-0.25, -0.2) is 0 Å². The molecule has 4 nitrogen and oxygen atoms in total. The Balaban J connectivity index is 2.07. The molecule has 1 heterocycles. The van der Waals surface area contributed by atoms with Crippen LogP contribution in [0, 0.1) is 0 Å². The topological polar surface area (TPSA) is 55.8 Å². The number of hydrogen-bond donors (Lipinski definition) is 1.